The SMILES string of the molecule is Cc1c(C(N)C(=O)O)c2ccc(Cl)cc2n1C(C)C. The lowest BCUT2D eigenvalue weighted by Crippen LogP contribution is -2.21. The first kappa shape index (κ1) is 13.9. The molecule has 1 aromatic carbocycles. The number of carboxylic acids is 1. The van der Waals surface area contributed by atoms with Gasteiger partial charge in [0, 0.05) is 27.7 Å². The van der Waals surface area contributed by atoms with Crippen LogP contribution in [0.25, 0.3) is 10.9 Å². The van der Waals surface area contributed by atoms with Gasteiger partial charge in [-0.3, -0.25) is 4.79 Å². The van der Waals surface area contributed by atoms with Crippen molar-refractivity contribution >= 4 is 28.5 Å². The quantitative estimate of drug-likeness (QED) is 0.907. The summed E-state index contributed by atoms with van der Waals surface area (Å²) in [5.74, 6) is -1.03. The third-order valence-corrected chi connectivity index (χ3v) is 3.59. The van der Waals surface area contributed by atoms with E-state index in [4.69, 9.17) is 22.4 Å². The number of hydrogen-bond donors (Lipinski definition) is 2. The number of fused-ring (bicyclic) bond motifs is 1. The summed E-state index contributed by atoms with van der Waals surface area (Å²) in [6.45, 7) is 5.98. The monoisotopic (exact) mass is 280 g/mol. The van der Waals surface area contributed by atoms with E-state index in [1.165, 1.54) is 0 Å². The van der Waals surface area contributed by atoms with Crippen LogP contribution in [0.4, 0.5) is 0 Å². The number of aromatic nitrogens is 1. The van der Waals surface area contributed by atoms with Gasteiger partial charge in [0.15, 0.2) is 0 Å². The van der Waals surface area contributed by atoms with Gasteiger partial charge >= 0.3 is 5.97 Å². The number of halogens is 1. The van der Waals surface area contributed by atoms with Crippen molar-refractivity contribution in [2.75, 3.05) is 0 Å². The number of aliphatic carboxylic acids is 1. The van der Waals surface area contributed by atoms with Gasteiger partial charge < -0.3 is 15.4 Å². The molecule has 0 saturated carbocycles. The Morgan fingerprint density at radius 2 is 2.05 bits per heavy atom. The van der Waals surface area contributed by atoms with Crippen LogP contribution in [0.15, 0.2) is 18.2 Å². The van der Waals surface area contributed by atoms with E-state index in [1.54, 1.807) is 6.07 Å². The Kier molecular flexibility index (Phi) is 3.56. The Morgan fingerprint density at radius 3 is 2.58 bits per heavy atom. The first-order chi connectivity index (χ1) is 8.84. The van der Waals surface area contributed by atoms with Crippen LogP contribution in [0.2, 0.25) is 5.02 Å². The summed E-state index contributed by atoms with van der Waals surface area (Å²) in [5, 5.41) is 10.6. The summed E-state index contributed by atoms with van der Waals surface area (Å²) in [6.07, 6.45) is 0. The van der Waals surface area contributed by atoms with Gasteiger partial charge in [0.25, 0.3) is 0 Å². The maximum Gasteiger partial charge on any atom is 0.325 e. The molecule has 102 valence electrons. The van der Waals surface area contributed by atoms with Crippen molar-refractivity contribution in [2.24, 2.45) is 5.73 Å². The molecule has 2 rings (SSSR count). The number of rotatable bonds is 3. The summed E-state index contributed by atoms with van der Waals surface area (Å²) in [7, 11) is 0. The van der Waals surface area contributed by atoms with Gasteiger partial charge in [0.2, 0.25) is 0 Å². The first-order valence-corrected chi connectivity index (χ1v) is 6.50. The molecule has 0 saturated heterocycles. The predicted molar refractivity (Wildman–Crippen MR) is 76.6 cm³/mol. The number of carbonyl (C=O) groups is 1. The average molecular weight is 281 g/mol. The predicted octanol–water partition coefficient (Wildman–Crippen LogP) is 3.27. The minimum Gasteiger partial charge on any atom is -0.480 e. The fourth-order valence-electron chi connectivity index (χ4n) is 2.62. The molecule has 0 bridgehead atoms. The minimum atomic E-state index is -1.03. The Balaban J connectivity index is 2.85. The second-order valence-corrected chi connectivity index (χ2v) is 5.38. The van der Waals surface area contributed by atoms with E-state index in [0.29, 0.717) is 10.6 Å². The molecule has 0 fully saturated rings. The van der Waals surface area contributed by atoms with E-state index in [9.17, 15) is 4.79 Å². The van der Waals surface area contributed by atoms with Crippen molar-refractivity contribution in [3.8, 4) is 0 Å². The van der Waals surface area contributed by atoms with Crippen molar-refractivity contribution in [3.63, 3.8) is 0 Å². The molecule has 0 aliphatic rings. The molecule has 1 atom stereocenters. The van der Waals surface area contributed by atoms with E-state index in [0.717, 1.165) is 16.6 Å². The van der Waals surface area contributed by atoms with Gasteiger partial charge in [-0.2, -0.15) is 0 Å². The lowest BCUT2D eigenvalue weighted by molar-refractivity contribution is -0.138. The maximum atomic E-state index is 11.2. The van der Waals surface area contributed by atoms with Crippen LogP contribution in [0.5, 0.6) is 0 Å². The zero-order valence-electron chi connectivity index (χ0n) is 11.1. The van der Waals surface area contributed by atoms with Crippen molar-refractivity contribution in [1.29, 1.82) is 0 Å². The van der Waals surface area contributed by atoms with Crippen molar-refractivity contribution in [3.05, 3.63) is 34.5 Å². The normalized spacial score (nSPS) is 13.2. The van der Waals surface area contributed by atoms with E-state index in [-0.39, 0.29) is 6.04 Å². The zero-order valence-corrected chi connectivity index (χ0v) is 11.9. The molecule has 0 aliphatic heterocycles. The van der Waals surface area contributed by atoms with Gasteiger partial charge in [-0.05, 0) is 32.9 Å². The van der Waals surface area contributed by atoms with Crippen LogP contribution in [-0.2, 0) is 4.79 Å². The van der Waals surface area contributed by atoms with Crippen LogP contribution in [-0.4, -0.2) is 15.6 Å². The van der Waals surface area contributed by atoms with Crippen LogP contribution in [0, 0.1) is 6.92 Å². The number of nitrogens with zero attached hydrogens (tertiary/aromatic N) is 1. The molecule has 3 N–H and O–H groups in total. The zero-order chi connectivity index (χ0) is 14.3. The number of hydrogen-bond acceptors (Lipinski definition) is 2. The van der Waals surface area contributed by atoms with Gasteiger partial charge in [0.05, 0.1) is 5.52 Å². The van der Waals surface area contributed by atoms with E-state index in [2.05, 4.69) is 4.57 Å². The third-order valence-electron chi connectivity index (χ3n) is 3.35. The third kappa shape index (κ3) is 2.22. The van der Waals surface area contributed by atoms with Gasteiger partial charge in [-0.15, -0.1) is 0 Å². The molecule has 1 heterocycles. The Labute approximate surface area is 116 Å². The number of carboxylic acid groups (broad SMARTS) is 1. The highest BCUT2D eigenvalue weighted by Crippen LogP contribution is 2.33. The highest BCUT2D eigenvalue weighted by Gasteiger charge is 2.24. The van der Waals surface area contributed by atoms with E-state index in [1.807, 2.05) is 32.9 Å². The Morgan fingerprint density at radius 1 is 1.42 bits per heavy atom. The maximum absolute atomic E-state index is 11.2. The van der Waals surface area contributed by atoms with Gasteiger partial charge in [-0.25, -0.2) is 0 Å². The molecule has 5 heteroatoms. The molecule has 1 aromatic heterocycles. The second kappa shape index (κ2) is 4.87. The van der Waals surface area contributed by atoms with Crippen LogP contribution in [0.3, 0.4) is 0 Å². The molecule has 0 amide bonds. The summed E-state index contributed by atoms with van der Waals surface area (Å²) in [6, 6.07) is 4.62. The second-order valence-electron chi connectivity index (χ2n) is 4.94. The fourth-order valence-corrected chi connectivity index (χ4v) is 2.79. The van der Waals surface area contributed by atoms with Gasteiger partial charge in [-0.1, -0.05) is 17.7 Å². The van der Waals surface area contributed by atoms with Crippen LogP contribution >= 0.6 is 11.6 Å². The summed E-state index contributed by atoms with van der Waals surface area (Å²) in [4.78, 5) is 11.2. The van der Waals surface area contributed by atoms with E-state index < -0.39 is 12.0 Å². The lowest BCUT2D eigenvalue weighted by Gasteiger charge is -2.13. The molecular formula is C14H17ClN2O2. The van der Waals surface area contributed by atoms with Crippen molar-refractivity contribution < 1.29 is 9.90 Å². The summed E-state index contributed by atoms with van der Waals surface area (Å²) >= 11 is 6.04. The summed E-state index contributed by atoms with van der Waals surface area (Å²) in [5.41, 5.74) is 8.27. The van der Waals surface area contributed by atoms with Crippen LogP contribution < -0.4 is 5.73 Å². The first-order valence-electron chi connectivity index (χ1n) is 6.13. The van der Waals surface area contributed by atoms with Gasteiger partial charge in [0.1, 0.15) is 6.04 Å². The molecular weight excluding hydrogens is 264 g/mol. The van der Waals surface area contributed by atoms with E-state index >= 15 is 0 Å². The Hall–Kier alpha value is -1.52. The molecule has 0 spiro atoms. The molecule has 0 radical (unpaired) electrons. The van der Waals surface area contributed by atoms with Crippen molar-refractivity contribution in [2.45, 2.75) is 32.9 Å². The molecule has 4 nitrogen and oxygen atoms in total. The highest BCUT2D eigenvalue weighted by molar-refractivity contribution is 6.31. The average Bonchev–Trinajstić information content (AvgIpc) is 2.59. The lowest BCUT2D eigenvalue weighted by atomic mass is 10.0. The molecule has 2 aromatic rings. The minimum absolute atomic E-state index is 0.204. The molecule has 19 heavy (non-hydrogen) atoms. The Bertz CT molecular complexity index is 646. The fraction of sp³-hybridized carbons (Fsp3) is 0.357. The number of benzene rings is 1. The smallest absolute Gasteiger partial charge is 0.325 e. The topological polar surface area (TPSA) is 68.2 Å². The summed E-state index contributed by atoms with van der Waals surface area (Å²) < 4.78 is 2.07. The highest BCUT2D eigenvalue weighted by atomic mass is 35.5. The standard InChI is InChI=1S/C14H17ClN2O2/c1-7(2)17-8(3)12(13(16)14(18)19)10-5-4-9(15)6-11(10)17/h4-7,13H,16H2,1-3H3,(H,18,19). The molecule has 1 unspecified atom stereocenters. The molecule has 0 aliphatic carbocycles. The van der Waals surface area contributed by atoms with Crippen LogP contribution in [0.1, 0.15) is 37.2 Å². The largest absolute Gasteiger partial charge is 0.480 e. The van der Waals surface area contributed by atoms with Crippen molar-refractivity contribution in [1.82, 2.24) is 4.57 Å². The number of nitrogens with two attached hydrogens (primary N) is 1.